The van der Waals surface area contributed by atoms with Crippen LogP contribution in [0.2, 0.25) is 0 Å². The Morgan fingerprint density at radius 1 is 1.15 bits per heavy atom. The first-order valence-corrected chi connectivity index (χ1v) is 7.03. The van der Waals surface area contributed by atoms with Gasteiger partial charge in [-0.05, 0) is 31.4 Å². The average molecular weight is 287 g/mol. The van der Waals surface area contributed by atoms with Crippen LogP contribution in [-0.4, -0.2) is 25.4 Å². The van der Waals surface area contributed by atoms with E-state index in [0.29, 0.717) is 19.6 Å². The van der Waals surface area contributed by atoms with E-state index in [2.05, 4.69) is 5.32 Å². The summed E-state index contributed by atoms with van der Waals surface area (Å²) in [5.74, 6) is -0.366. The van der Waals surface area contributed by atoms with Crippen molar-refractivity contribution < 1.29 is 17.9 Å². The van der Waals surface area contributed by atoms with Crippen LogP contribution in [0.25, 0.3) is 0 Å². The molecule has 1 saturated carbocycles. The van der Waals surface area contributed by atoms with Crippen molar-refractivity contribution >= 4 is 0 Å². The molecule has 0 aromatic heterocycles. The van der Waals surface area contributed by atoms with Crippen molar-refractivity contribution in [2.75, 3.05) is 13.2 Å². The lowest BCUT2D eigenvalue weighted by atomic mass is 9.85. The van der Waals surface area contributed by atoms with Gasteiger partial charge in [-0.1, -0.05) is 24.6 Å². The van der Waals surface area contributed by atoms with Crippen LogP contribution in [0.4, 0.5) is 13.2 Å². The first kappa shape index (κ1) is 15.2. The first-order valence-electron chi connectivity index (χ1n) is 7.03. The van der Waals surface area contributed by atoms with Crippen LogP contribution >= 0.6 is 0 Å². The molecule has 2 atom stereocenters. The minimum Gasteiger partial charge on any atom is -0.492 e. The minimum atomic E-state index is -4.05. The van der Waals surface area contributed by atoms with Crippen LogP contribution in [0.15, 0.2) is 30.3 Å². The third-order valence-electron chi connectivity index (χ3n) is 3.68. The second kappa shape index (κ2) is 6.97. The highest BCUT2D eigenvalue weighted by atomic mass is 19.4. The maximum absolute atomic E-state index is 12.7. The number of halogens is 3. The number of nitrogens with one attached hydrogen (secondary N) is 1. The number of para-hydroxylation sites is 1. The van der Waals surface area contributed by atoms with E-state index >= 15 is 0 Å². The largest absolute Gasteiger partial charge is 0.492 e. The predicted octanol–water partition coefficient (Wildman–Crippen LogP) is 3.78. The van der Waals surface area contributed by atoms with Crippen molar-refractivity contribution in [2.45, 2.75) is 37.9 Å². The van der Waals surface area contributed by atoms with Crippen molar-refractivity contribution in [3.8, 4) is 5.75 Å². The van der Waals surface area contributed by atoms with E-state index in [-0.39, 0.29) is 18.9 Å². The number of alkyl halides is 3. The smallest absolute Gasteiger partial charge is 0.391 e. The van der Waals surface area contributed by atoms with Crippen molar-refractivity contribution in [3.63, 3.8) is 0 Å². The third-order valence-corrected chi connectivity index (χ3v) is 3.68. The Morgan fingerprint density at radius 2 is 1.90 bits per heavy atom. The molecule has 2 nitrogen and oxygen atoms in total. The first-order chi connectivity index (χ1) is 9.55. The van der Waals surface area contributed by atoms with Crippen molar-refractivity contribution in [1.29, 1.82) is 0 Å². The molecule has 1 aromatic carbocycles. The van der Waals surface area contributed by atoms with E-state index in [1.54, 1.807) is 0 Å². The number of hydrogen-bond donors (Lipinski definition) is 1. The number of hydrogen-bond acceptors (Lipinski definition) is 2. The fourth-order valence-electron chi connectivity index (χ4n) is 2.62. The van der Waals surface area contributed by atoms with Gasteiger partial charge in [-0.15, -0.1) is 0 Å². The predicted molar refractivity (Wildman–Crippen MR) is 71.7 cm³/mol. The molecule has 1 N–H and O–H groups in total. The Balaban J connectivity index is 1.66. The van der Waals surface area contributed by atoms with Gasteiger partial charge in [-0.25, -0.2) is 0 Å². The van der Waals surface area contributed by atoms with Gasteiger partial charge >= 0.3 is 6.18 Å². The Hall–Kier alpha value is -1.23. The third kappa shape index (κ3) is 4.71. The molecule has 112 valence electrons. The molecule has 5 heteroatoms. The normalized spacial score (nSPS) is 23.6. The summed E-state index contributed by atoms with van der Waals surface area (Å²) in [6.07, 6.45) is -2.14. The minimum absolute atomic E-state index is 0.0465. The quantitative estimate of drug-likeness (QED) is 0.832. The monoisotopic (exact) mass is 287 g/mol. The summed E-state index contributed by atoms with van der Waals surface area (Å²) in [6, 6.07) is 9.36. The maximum Gasteiger partial charge on any atom is 0.391 e. The molecule has 1 aliphatic carbocycles. The summed E-state index contributed by atoms with van der Waals surface area (Å²) in [7, 11) is 0. The molecule has 2 rings (SSSR count). The number of rotatable bonds is 5. The summed E-state index contributed by atoms with van der Waals surface area (Å²) in [6.45, 7) is 1.04. The van der Waals surface area contributed by atoms with Crippen molar-refractivity contribution in [3.05, 3.63) is 30.3 Å². The molecule has 1 aromatic rings. The fourth-order valence-corrected chi connectivity index (χ4v) is 2.62. The molecule has 0 radical (unpaired) electrons. The summed E-state index contributed by atoms with van der Waals surface area (Å²) in [5, 5.41) is 3.17. The molecule has 1 aliphatic rings. The van der Waals surface area contributed by atoms with Crippen LogP contribution in [0, 0.1) is 5.92 Å². The average Bonchev–Trinajstić information content (AvgIpc) is 2.44. The molecule has 0 amide bonds. The molecule has 0 aliphatic heterocycles. The molecule has 0 bridgehead atoms. The van der Waals surface area contributed by atoms with Crippen LogP contribution in [0.3, 0.4) is 0 Å². The van der Waals surface area contributed by atoms with Crippen molar-refractivity contribution in [1.82, 2.24) is 5.32 Å². The van der Waals surface area contributed by atoms with Gasteiger partial charge in [0.2, 0.25) is 0 Å². The molecule has 0 spiro atoms. The van der Waals surface area contributed by atoms with Crippen LogP contribution < -0.4 is 10.1 Å². The Bertz CT molecular complexity index is 394. The zero-order valence-electron chi connectivity index (χ0n) is 11.3. The van der Waals surface area contributed by atoms with Gasteiger partial charge in [-0.3, -0.25) is 0 Å². The molecule has 0 saturated heterocycles. The van der Waals surface area contributed by atoms with E-state index in [9.17, 15) is 13.2 Å². The van der Waals surface area contributed by atoms with Gasteiger partial charge in [0.15, 0.2) is 0 Å². The lowest BCUT2D eigenvalue weighted by molar-refractivity contribution is -0.183. The molecule has 20 heavy (non-hydrogen) atoms. The Kier molecular flexibility index (Phi) is 5.29. The zero-order valence-corrected chi connectivity index (χ0v) is 11.3. The lowest BCUT2D eigenvalue weighted by Crippen LogP contribution is -2.40. The topological polar surface area (TPSA) is 21.3 Å². The maximum atomic E-state index is 12.7. The van der Waals surface area contributed by atoms with Crippen LogP contribution in [-0.2, 0) is 0 Å². The summed E-state index contributed by atoms with van der Waals surface area (Å²) in [4.78, 5) is 0. The van der Waals surface area contributed by atoms with Crippen LogP contribution in [0.1, 0.15) is 25.7 Å². The number of ether oxygens (including phenoxy) is 1. The SMILES string of the molecule is FC(F)(F)C1CCCC(NCCOc2ccccc2)C1. The molecule has 2 unspecified atom stereocenters. The fraction of sp³-hybridized carbons (Fsp3) is 0.600. The number of benzene rings is 1. The molecule has 1 fully saturated rings. The van der Waals surface area contributed by atoms with Gasteiger partial charge in [0.25, 0.3) is 0 Å². The van der Waals surface area contributed by atoms with E-state index in [4.69, 9.17) is 4.74 Å². The van der Waals surface area contributed by atoms with Crippen molar-refractivity contribution in [2.24, 2.45) is 5.92 Å². The molecular formula is C15H20F3NO. The second-order valence-electron chi connectivity index (χ2n) is 5.22. The Morgan fingerprint density at radius 3 is 2.60 bits per heavy atom. The summed E-state index contributed by atoms with van der Waals surface area (Å²) < 4.78 is 43.5. The highest BCUT2D eigenvalue weighted by Crippen LogP contribution is 2.37. The van der Waals surface area contributed by atoms with Crippen LogP contribution in [0.5, 0.6) is 5.75 Å². The highest BCUT2D eigenvalue weighted by molar-refractivity contribution is 5.20. The van der Waals surface area contributed by atoms with E-state index in [1.807, 2.05) is 30.3 Å². The second-order valence-corrected chi connectivity index (χ2v) is 5.22. The Labute approximate surface area is 117 Å². The van der Waals surface area contributed by atoms with Gasteiger partial charge < -0.3 is 10.1 Å². The molecule has 0 heterocycles. The van der Waals surface area contributed by atoms with Gasteiger partial charge in [0.1, 0.15) is 12.4 Å². The molecular weight excluding hydrogens is 267 g/mol. The lowest BCUT2D eigenvalue weighted by Gasteiger charge is -2.31. The zero-order chi connectivity index (χ0) is 14.4. The van der Waals surface area contributed by atoms with Gasteiger partial charge in [-0.2, -0.15) is 13.2 Å². The summed E-state index contributed by atoms with van der Waals surface area (Å²) >= 11 is 0. The van der Waals surface area contributed by atoms with E-state index in [0.717, 1.165) is 12.2 Å². The van der Waals surface area contributed by atoms with Gasteiger partial charge in [0, 0.05) is 12.6 Å². The van der Waals surface area contributed by atoms with E-state index in [1.165, 1.54) is 0 Å². The van der Waals surface area contributed by atoms with E-state index < -0.39 is 12.1 Å². The summed E-state index contributed by atoms with van der Waals surface area (Å²) in [5.41, 5.74) is 0. The van der Waals surface area contributed by atoms with Gasteiger partial charge in [0.05, 0.1) is 5.92 Å². The standard InChI is InChI=1S/C15H20F3NO/c16-15(17,18)12-5-4-6-13(11-12)19-9-10-20-14-7-2-1-3-8-14/h1-3,7-8,12-13,19H,4-6,9-11H2. The highest BCUT2D eigenvalue weighted by Gasteiger charge is 2.41.